The van der Waals surface area contributed by atoms with Gasteiger partial charge in [0.05, 0.1) is 6.42 Å². The maximum Gasteiger partial charge on any atom is 0.226 e. The van der Waals surface area contributed by atoms with Crippen LogP contribution in [0.1, 0.15) is 11.3 Å². The molecule has 1 amide bonds. The van der Waals surface area contributed by atoms with Crippen LogP contribution < -0.4 is 0 Å². The average molecular weight is 289 g/mol. The Hall–Kier alpha value is -1.87. The minimum absolute atomic E-state index is 0.100. The third-order valence-corrected chi connectivity index (χ3v) is 3.38. The zero-order valence-electron chi connectivity index (χ0n) is 11.4. The predicted octanol–water partition coefficient (Wildman–Crippen LogP) is 2.98. The molecule has 0 spiro atoms. The third-order valence-electron chi connectivity index (χ3n) is 3.12. The Morgan fingerprint density at radius 1 is 1.20 bits per heavy atom. The number of halogens is 1. The van der Waals surface area contributed by atoms with Crippen molar-refractivity contribution in [3.05, 3.63) is 64.9 Å². The first-order valence-electron chi connectivity index (χ1n) is 6.53. The van der Waals surface area contributed by atoms with Gasteiger partial charge in [0, 0.05) is 36.9 Å². The van der Waals surface area contributed by atoms with Gasteiger partial charge in [0.15, 0.2) is 0 Å². The Balaban J connectivity index is 1.84. The second-order valence-electron chi connectivity index (χ2n) is 4.69. The fraction of sp³-hybridized carbons (Fsp3) is 0.250. The minimum Gasteiger partial charge on any atom is -0.345 e. The highest BCUT2D eigenvalue weighted by Gasteiger charge is 2.09. The first-order valence-corrected chi connectivity index (χ1v) is 6.91. The second-order valence-corrected chi connectivity index (χ2v) is 5.13. The molecule has 1 aromatic heterocycles. The smallest absolute Gasteiger partial charge is 0.226 e. The zero-order valence-corrected chi connectivity index (χ0v) is 12.2. The van der Waals surface area contributed by atoms with Crippen LogP contribution in [0.3, 0.4) is 0 Å². The molecule has 0 aliphatic carbocycles. The highest BCUT2D eigenvalue weighted by atomic mass is 35.5. The zero-order chi connectivity index (χ0) is 14.4. The second kappa shape index (κ2) is 7.06. The van der Waals surface area contributed by atoms with Crippen LogP contribution in [0.5, 0.6) is 0 Å². The molecule has 0 unspecified atom stereocenters. The van der Waals surface area contributed by atoms with E-state index in [4.69, 9.17) is 11.6 Å². The number of carbonyl (C=O) groups is 1. The minimum atomic E-state index is 0.100. The molecule has 3 nitrogen and oxygen atoms in total. The van der Waals surface area contributed by atoms with Crippen LogP contribution in [0.25, 0.3) is 0 Å². The van der Waals surface area contributed by atoms with Crippen molar-refractivity contribution in [3.8, 4) is 0 Å². The molecule has 2 rings (SSSR count). The fourth-order valence-electron chi connectivity index (χ4n) is 1.86. The molecule has 2 aromatic rings. The van der Waals surface area contributed by atoms with Crippen molar-refractivity contribution in [3.63, 3.8) is 0 Å². The van der Waals surface area contributed by atoms with Crippen molar-refractivity contribution in [2.45, 2.75) is 12.8 Å². The SMILES string of the molecule is CN(CCc1ccccn1)C(=O)Cc1ccc(Cl)cc1. The Kier molecular flexibility index (Phi) is 5.13. The summed E-state index contributed by atoms with van der Waals surface area (Å²) < 4.78 is 0. The van der Waals surface area contributed by atoms with Crippen LogP contribution in [-0.4, -0.2) is 29.4 Å². The Labute approximate surface area is 124 Å². The van der Waals surface area contributed by atoms with Gasteiger partial charge in [-0.2, -0.15) is 0 Å². The molecule has 0 aliphatic rings. The first-order chi connectivity index (χ1) is 9.65. The van der Waals surface area contributed by atoms with E-state index in [2.05, 4.69) is 4.98 Å². The lowest BCUT2D eigenvalue weighted by Gasteiger charge is -2.17. The van der Waals surface area contributed by atoms with Crippen molar-refractivity contribution >= 4 is 17.5 Å². The van der Waals surface area contributed by atoms with E-state index in [9.17, 15) is 4.79 Å². The van der Waals surface area contributed by atoms with Crippen LogP contribution in [0.15, 0.2) is 48.7 Å². The van der Waals surface area contributed by atoms with Gasteiger partial charge in [-0.1, -0.05) is 29.8 Å². The van der Waals surface area contributed by atoms with Crippen LogP contribution in [0.4, 0.5) is 0 Å². The van der Waals surface area contributed by atoms with E-state index in [0.29, 0.717) is 18.0 Å². The summed E-state index contributed by atoms with van der Waals surface area (Å²) >= 11 is 5.83. The molecule has 0 radical (unpaired) electrons. The molecule has 0 fully saturated rings. The summed E-state index contributed by atoms with van der Waals surface area (Å²) in [7, 11) is 1.82. The van der Waals surface area contributed by atoms with E-state index < -0.39 is 0 Å². The van der Waals surface area contributed by atoms with Gasteiger partial charge in [0.1, 0.15) is 0 Å². The average Bonchev–Trinajstić information content (AvgIpc) is 2.48. The number of hydrogen-bond donors (Lipinski definition) is 0. The lowest BCUT2D eigenvalue weighted by Crippen LogP contribution is -2.30. The normalized spacial score (nSPS) is 10.3. The largest absolute Gasteiger partial charge is 0.345 e. The molecule has 0 atom stereocenters. The number of benzene rings is 1. The topological polar surface area (TPSA) is 33.2 Å². The summed E-state index contributed by atoms with van der Waals surface area (Å²) in [5, 5.41) is 0.685. The van der Waals surface area contributed by atoms with Gasteiger partial charge >= 0.3 is 0 Å². The number of likely N-dealkylation sites (N-methyl/N-ethyl adjacent to an activating group) is 1. The fourth-order valence-corrected chi connectivity index (χ4v) is 1.99. The highest BCUT2D eigenvalue weighted by Crippen LogP contribution is 2.10. The molecule has 4 heteroatoms. The monoisotopic (exact) mass is 288 g/mol. The molecule has 0 bridgehead atoms. The predicted molar refractivity (Wildman–Crippen MR) is 80.7 cm³/mol. The number of carbonyl (C=O) groups excluding carboxylic acids is 1. The molecular weight excluding hydrogens is 272 g/mol. The maximum absolute atomic E-state index is 12.1. The molecule has 0 saturated heterocycles. The summed E-state index contributed by atoms with van der Waals surface area (Å²) in [5.74, 6) is 0.100. The Morgan fingerprint density at radius 3 is 2.60 bits per heavy atom. The number of rotatable bonds is 5. The first kappa shape index (κ1) is 14.5. The highest BCUT2D eigenvalue weighted by molar-refractivity contribution is 6.30. The van der Waals surface area contributed by atoms with Crippen LogP contribution in [0, 0.1) is 0 Å². The lowest BCUT2D eigenvalue weighted by molar-refractivity contribution is -0.129. The van der Waals surface area contributed by atoms with Gasteiger partial charge in [0.2, 0.25) is 5.91 Å². The summed E-state index contributed by atoms with van der Waals surface area (Å²) in [4.78, 5) is 18.1. The van der Waals surface area contributed by atoms with Gasteiger partial charge in [-0.05, 0) is 29.8 Å². The summed E-state index contributed by atoms with van der Waals surface area (Å²) in [6.07, 6.45) is 2.93. The van der Waals surface area contributed by atoms with Crippen molar-refractivity contribution in [2.24, 2.45) is 0 Å². The van der Waals surface area contributed by atoms with E-state index in [1.54, 1.807) is 23.2 Å². The number of aromatic nitrogens is 1. The van der Waals surface area contributed by atoms with E-state index in [1.807, 2.05) is 37.4 Å². The quantitative estimate of drug-likeness (QED) is 0.847. The van der Waals surface area contributed by atoms with Crippen LogP contribution in [-0.2, 0) is 17.6 Å². The lowest BCUT2D eigenvalue weighted by atomic mass is 10.1. The molecule has 1 aromatic carbocycles. The summed E-state index contributed by atoms with van der Waals surface area (Å²) in [6.45, 7) is 0.670. The summed E-state index contributed by atoms with van der Waals surface area (Å²) in [6, 6.07) is 13.2. The van der Waals surface area contributed by atoms with Crippen molar-refractivity contribution in [2.75, 3.05) is 13.6 Å². The molecule has 0 N–H and O–H groups in total. The van der Waals surface area contributed by atoms with Crippen molar-refractivity contribution in [1.29, 1.82) is 0 Å². The standard InChI is InChI=1S/C16H17ClN2O/c1-19(11-9-15-4-2-3-10-18-15)16(20)12-13-5-7-14(17)8-6-13/h2-8,10H,9,11-12H2,1H3. The molecule has 20 heavy (non-hydrogen) atoms. The van der Waals surface area contributed by atoms with Gasteiger partial charge in [-0.25, -0.2) is 0 Å². The van der Waals surface area contributed by atoms with Gasteiger partial charge in [0.25, 0.3) is 0 Å². The van der Waals surface area contributed by atoms with Gasteiger partial charge < -0.3 is 4.90 Å². The van der Waals surface area contributed by atoms with Gasteiger partial charge in [-0.3, -0.25) is 9.78 Å². The number of pyridine rings is 1. The molecule has 0 aliphatic heterocycles. The molecule has 0 saturated carbocycles. The molecule has 1 heterocycles. The number of hydrogen-bond acceptors (Lipinski definition) is 2. The van der Waals surface area contributed by atoms with Crippen molar-refractivity contribution in [1.82, 2.24) is 9.88 Å². The van der Waals surface area contributed by atoms with Gasteiger partial charge in [-0.15, -0.1) is 0 Å². The van der Waals surface area contributed by atoms with E-state index >= 15 is 0 Å². The van der Waals surface area contributed by atoms with Crippen LogP contribution >= 0.6 is 11.6 Å². The number of amides is 1. The number of nitrogens with zero attached hydrogens (tertiary/aromatic N) is 2. The third kappa shape index (κ3) is 4.35. The summed E-state index contributed by atoms with van der Waals surface area (Å²) in [5.41, 5.74) is 1.97. The maximum atomic E-state index is 12.1. The van der Waals surface area contributed by atoms with Crippen LogP contribution in [0.2, 0.25) is 5.02 Å². The molecular formula is C16H17ClN2O. The Morgan fingerprint density at radius 2 is 1.95 bits per heavy atom. The Bertz CT molecular complexity index is 554. The van der Waals surface area contributed by atoms with E-state index in [1.165, 1.54) is 0 Å². The van der Waals surface area contributed by atoms with Crippen molar-refractivity contribution < 1.29 is 4.79 Å². The molecule has 104 valence electrons. The van der Waals surface area contributed by atoms with E-state index in [-0.39, 0.29) is 5.91 Å². The van der Waals surface area contributed by atoms with E-state index in [0.717, 1.165) is 17.7 Å².